The molecule has 0 aromatic rings. The van der Waals surface area contributed by atoms with Crippen LogP contribution in [0.4, 0.5) is 0 Å². The maximum atomic E-state index is 3.76. The van der Waals surface area contributed by atoms with Crippen LogP contribution >= 0.6 is 31.9 Å². The van der Waals surface area contributed by atoms with Gasteiger partial charge in [0, 0.05) is 9.65 Å². The molecule has 0 aromatic carbocycles. The van der Waals surface area contributed by atoms with E-state index in [9.17, 15) is 0 Å². The zero-order chi connectivity index (χ0) is 8.40. The Morgan fingerprint density at radius 1 is 0.750 bits per heavy atom. The zero-order valence-electron chi connectivity index (χ0n) is 7.15. The number of hydrogen-bond acceptors (Lipinski definition) is 0. The van der Waals surface area contributed by atoms with Crippen molar-refractivity contribution in [3.8, 4) is 0 Å². The highest BCUT2D eigenvalue weighted by Crippen LogP contribution is 2.69. The Bertz CT molecular complexity index is 192. The van der Waals surface area contributed by atoms with Gasteiger partial charge in [-0.15, -0.1) is 0 Å². The van der Waals surface area contributed by atoms with E-state index in [0.717, 1.165) is 20.5 Å². The minimum Gasteiger partial charge on any atom is -0.0884 e. The molecule has 0 aliphatic heterocycles. The van der Waals surface area contributed by atoms with Crippen molar-refractivity contribution in [2.45, 2.75) is 48.2 Å². The van der Waals surface area contributed by atoms with E-state index in [0.29, 0.717) is 0 Å². The summed E-state index contributed by atoms with van der Waals surface area (Å²) >= 11 is 7.52. The van der Waals surface area contributed by atoms with Crippen LogP contribution in [0.1, 0.15) is 38.5 Å². The van der Waals surface area contributed by atoms with E-state index < -0.39 is 0 Å². The van der Waals surface area contributed by atoms with Gasteiger partial charge in [-0.05, 0) is 49.4 Å². The van der Waals surface area contributed by atoms with E-state index in [4.69, 9.17) is 0 Å². The molecule has 0 bridgehead atoms. The number of rotatable bonds is 0. The van der Waals surface area contributed by atoms with Crippen LogP contribution in [0.5, 0.6) is 0 Å². The van der Waals surface area contributed by atoms with Crippen molar-refractivity contribution in [3.05, 3.63) is 0 Å². The highest BCUT2D eigenvalue weighted by atomic mass is 79.9. The molecule has 2 spiro atoms. The maximum Gasteiger partial charge on any atom is 0.0208 e. The minimum atomic E-state index is 0.764. The first-order chi connectivity index (χ1) is 5.67. The van der Waals surface area contributed by atoms with Crippen LogP contribution in [0.15, 0.2) is 0 Å². The quantitative estimate of drug-likeness (QED) is 0.595. The van der Waals surface area contributed by atoms with E-state index in [1.54, 1.807) is 0 Å². The standard InChI is InChI=1S/C10H14Br2/c11-7-5-9(7)1-2-10(4-3-9)6-8(10)12/h7-8H,1-6H2. The number of alkyl halides is 2. The summed E-state index contributed by atoms with van der Waals surface area (Å²) in [6.07, 6.45) is 8.87. The molecule has 0 amide bonds. The lowest BCUT2D eigenvalue weighted by Crippen LogP contribution is -2.19. The van der Waals surface area contributed by atoms with Crippen molar-refractivity contribution in [1.82, 2.24) is 0 Å². The molecule has 2 heteroatoms. The van der Waals surface area contributed by atoms with Crippen LogP contribution in [0.25, 0.3) is 0 Å². The Kier molecular flexibility index (Phi) is 1.59. The first-order valence-corrected chi connectivity index (χ1v) is 6.78. The fourth-order valence-corrected chi connectivity index (χ4v) is 5.08. The third-order valence-electron chi connectivity index (χ3n) is 4.42. The molecule has 3 rings (SSSR count). The lowest BCUT2D eigenvalue weighted by molar-refractivity contribution is 0.244. The molecule has 3 aliphatic rings. The molecule has 0 radical (unpaired) electrons. The van der Waals surface area contributed by atoms with Gasteiger partial charge in [-0.25, -0.2) is 0 Å². The van der Waals surface area contributed by atoms with Gasteiger partial charge in [-0.1, -0.05) is 31.9 Å². The lowest BCUT2D eigenvalue weighted by atomic mass is 9.78. The molecule has 3 aliphatic carbocycles. The molecule has 0 N–H and O–H groups in total. The summed E-state index contributed by atoms with van der Waals surface area (Å²) in [5.41, 5.74) is 1.53. The Balaban J connectivity index is 1.68. The van der Waals surface area contributed by atoms with Gasteiger partial charge in [0.05, 0.1) is 0 Å². The predicted molar refractivity (Wildman–Crippen MR) is 58.0 cm³/mol. The topological polar surface area (TPSA) is 0 Å². The summed E-state index contributed by atoms with van der Waals surface area (Å²) in [4.78, 5) is 1.74. The number of hydrogen-bond donors (Lipinski definition) is 0. The fourth-order valence-electron chi connectivity index (χ4n) is 2.88. The van der Waals surface area contributed by atoms with E-state index in [1.165, 1.54) is 38.5 Å². The average Bonchev–Trinajstić information content (AvgIpc) is 2.86. The average molecular weight is 294 g/mol. The second kappa shape index (κ2) is 2.31. The van der Waals surface area contributed by atoms with E-state index in [-0.39, 0.29) is 0 Å². The molecule has 2 unspecified atom stereocenters. The van der Waals surface area contributed by atoms with Crippen molar-refractivity contribution in [3.63, 3.8) is 0 Å². The van der Waals surface area contributed by atoms with Crippen molar-refractivity contribution in [2.75, 3.05) is 0 Å². The molecular formula is C10H14Br2. The Morgan fingerprint density at radius 3 is 1.17 bits per heavy atom. The number of halogens is 2. The molecule has 12 heavy (non-hydrogen) atoms. The summed E-state index contributed by atoms with van der Waals surface area (Å²) in [6.45, 7) is 0. The third-order valence-corrected chi connectivity index (χ3v) is 7.01. The zero-order valence-corrected chi connectivity index (χ0v) is 10.3. The Morgan fingerprint density at radius 2 is 1.00 bits per heavy atom. The first kappa shape index (κ1) is 8.28. The van der Waals surface area contributed by atoms with Gasteiger partial charge in [0.1, 0.15) is 0 Å². The van der Waals surface area contributed by atoms with Crippen LogP contribution in [0.2, 0.25) is 0 Å². The normalized spacial score (nSPS) is 62.5. The molecule has 0 nitrogen and oxygen atoms in total. The van der Waals surface area contributed by atoms with Crippen LogP contribution < -0.4 is 0 Å². The third kappa shape index (κ3) is 1.00. The lowest BCUT2D eigenvalue weighted by Gasteiger charge is -2.29. The predicted octanol–water partition coefficient (Wildman–Crippen LogP) is 3.87. The van der Waals surface area contributed by atoms with E-state index in [2.05, 4.69) is 31.9 Å². The van der Waals surface area contributed by atoms with Crippen LogP contribution in [0.3, 0.4) is 0 Å². The van der Waals surface area contributed by atoms with Gasteiger partial charge in [0.2, 0.25) is 0 Å². The summed E-state index contributed by atoms with van der Waals surface area (Å²) in [7, 11) is 0. The van der Waals surface area contributed by atoms with E-state index >= 15 is 0 Å². The minimum absolute atomic E-state index is 0.764. The molecule has 0 saturated heterocycles. The fraction of sp³-hybridized carbons (Fsp3) is 1.00. The summed E-state index contributed by atoms with van der Waals surface area (Å²) in [6, 6.07) is 0. The summed E-state index contributed by atoms with van der Waals surface area (Å²) < 4.78 is 0. The monoisotopic (exact) mass is 292 g/mol. The molecule has 68 valence electrons. The van der Waals surface area contributed by atoms with Crippen molar-refractivity contribution >= 4 is 31.9 Å². The molecular weight excluding hydrogens is 280 g/mol. The Hall–Kier alpha value is 0.960. The van der Waals surface area contributed by atoms with Gasteiger partial charge in [-0.3, -0.25) is 0 Å². The van der Waals surface area contributed by atoms with Gasteiger partial charge in [-0.2, -0.15) is 0 Å². The molecule has 3 fully saturated rings. The second-order valence-corrected chi connectivity index (χ2v) is 7.28. The maximum absolute atomic E-state index is 3.76. The summed E-state index contributed by atoms with van der Waals surface area (Å²) in [5, 5.41) is 0. The van der Waals surface area contributed by atoms with Gasteiger partial charge < -0.3 is 0 Å². The highest BCUT2D eigenvalue weighted by Gasteiger charge is 2.61. The van der Waals surface area contributed by atoms with Crippen molar-refractivity contribution in [1.29, 1.82) is 0 Å². The van der Waals surface area contributed by atoms with Gasteiger partial charge >= 0.3 is 0 Å². The SMILES string of the molecule is BrC1CC12CCC1(CC2)CC1Br. The van der Waals surface area contributed by atoms with E-state index in [1.807, 2.05) is 0 Å². The Labute approximate surface area is 90.7 Å². The highest BCUT2D eigenvalue weighted by molar-refractivity contribution is 9.10. The first-order valence-electron chi connectivity index (χ1n) is 4.95. The molecule has 0 aromatic heterocycles. The van der Waals surface area contributed by atoms with Crippen LogP contribution in [-0.4, -0.2) is 9.65 Å². The summed E-state index contributed by atoms with van der Waals surface area (Å²) in [5.74, 6) is 0. The van der Waals surface area contributed by atoms with Crippen molar-refractivity contribution < 1.29 is 0 Å². The van der Waals surface area contributed by atoms with Crippen LogP contribution in [-0.2, 0) is 0 Å². The molecule has 3 saturated carbocycles. The molecule has 0 heterocycles. The van der Waals surface area contributed by atoms with Crippen molar-refractivity contribution in [2.24, 2.45) is 10.8 Å². The second-order valence-electron chi connectivity index (χ2n) is 5.07. The molecule has 2 atom stereocenters. The largest absolute Gasteiger partial charge is 0.0884 e. The van der Waals surface area contributed by atoms with Crippen LogP contribution in [0, 0.1) is 10.8 Å². The van der Waals surface area contributed by atoms with Gasteiger partial charge in [0.15, 0.2) is 0 Å². The smallest absolute Gasteiger partial charge is 0.0208 e. The van der Waals surface area contributed by atoms with Gasteiger partial charge in [0.25, 0.3) is 0 Å².